The van der Waals surface area contributed by atoms with Crippen molar-refractivity contribution >= 4 is 0 Å². The largest absolute Gasteiger partial charge is 0.310 e. The highest BCUT2D eigenvalue weighted by atomic mass is 15.3. The minimum Gasteiger partial charge on any atom is -0.310 e. The number of likely N-dealkylation sites (tertiary alicyclic amines) is 1. The fourth-order valence-electron chi connectivity index (χ4n) is 4.47. The van der Waals surface area contributed by atoms with Gasteiger partial charge in [-0.1, -0.05) is 19.3 Å². The summed E-state index contributed by atoms with van der Waals surface area (Å²) in [4.78, 5) is 2.79. The molecule has 1 aromatic rings. The molecule has 1 saturated carbocycles. The van der Waals surface area contributed by atoms with Crippen LogP contribution in [0.25, 0.3) is 0 Å². The average Bonchev–Trinajstić information content (AvgIpc) is 3.12. The molecular weight excluding hydrogens is 248 g/mol. The van der Waals surface area contributed by atoms with Gasteiger partial charge in [-0.3, -0.25) is 9.58 Å². The van der Waals surface area contributed by atoms with Gasteiger partial charge in [-0.2, -0.15) is 5.10 Å². The molecule has 0 bridgehead atoms. The summed E-state index contributed by atoms with van der Waals surface area (Å²) in [6.45, 7) is 2.55. The van der Waals surface area contributed by atoms with Crippen LogP contribution in [-0.2, 0) is 7.05 Å². The normalized spacial score (nSPS) is 24.9. The Morgan fingerprint density at radius 2 is 1.85 bits per heavy atom. The van der Waals surface area contributed by atoms with Gasteiger partial charge in [0.15, 0.2) is 0 Å². The van der Waals surface area contributed by atoms with Gasteiger partial charge >= 0.3 is 0 Å². The maximum Gasteiger partial charge on any atom is 0.0676 e. The first-order valence-electron chi connectivity index (χ1n) is 8.18. The van der Waals surface area contributed by atoms with Crippen molar-refractivity contribution < 1.29 is 0 Å². The standard InChI is InChI=1S/C16H28N4/c1-17-15(14-8-11-18-19(14)2)16(9-4-5-10-16)20-12-6-3-7-13-20/h8,11,15,17H,3-7,9-10,12-13H2,1-2H3. The van der Waals surface area contributed by atoms with E-state index in [1.807, 2.05) is 10.9 Å². The van der Waals surface area contributed by atoms with Crippen molar-refractivity contribution in [2.75, 3.05) is 20.1 Å². The lowest BCUT2D eigenvalue weighted by atomic mass is 9.82. The van der Waals surface area contributed by atoms with Crippen LogP contribution in [0.2, 0.25) is 0 Å². The number of nitrogens with one attached hydrogen (secondary N) is 1. The Kier molecular flexibility index (Phi) is 4.13. The SMILES string of the molecule is CNC(c1ccnn1C)C1(N2CCCCC2)CCCC1. The van der Waals surface area contributed by atoms with E-state index in [2.05, 4.69) is 35.5 Å². The molecule has 0 amide bonds. The Labute approximate surface area is 122 Å². The van der Waals surface area contributed by atoms with Gasteiger partial charge in [0.25, 0.3) is 0 Å². The number of aromatic nitrogens is 2. The van der Waals surface area contributed by atoms with E-state index < -0.39 is 0 Å². The van der Waals surface area contributed by atoms with E-state index in [9.17, 15) is 0 Å². The topological polar surface area (TPSA) is 33.1 Å². The monoisotopic (exact) mass is 276 g/mol. The smallest absolute Gasteiger partial charge is 0.0676 e. The molecule has 112 valence electrons. The second-order valence-corrected chi connectivity index (χ2v) is 6.46. The molecule has 1 saturated heterocycles. The third kappa shape index (κ3) is 2.29. The van der Waals surface area contributed by atoms with Crippen molar-refractivity contribution in [2.24, 2.45) is 7.05 Å². The van der Waals surface area contributed by atoms with Crippen LogP contribution < -0.4 is 5.32 Å². The Morgan fingerprint density at radius 3 is 2.40 bits per heavy atom. The van der Waals surface area contributed by atoms with Gasteiger partial charge in [0.1, 0.15) is 0 Å². The van der Waals surface area contributed by atoms with Crippen LogP contribution in [0.5, 0.6) is 0 Å². The molecule has 1 aliphatic carbocycles. The molecule has 4 nitrogen and oxygen atoms in total. The lowest BCUT2D eigenvalue weighted by molar-refractivity contribution is 0.0360. The van der Waals surface area contributed by atoms with Gasteiger partial charge < -0.3 is 5.32 Å². The Morgan fingerprint density at radius 1 is 1.15 bits per heavy atom. The number of hydrogen-bond acceptors (Lipinski definition) is 3. The number of nitrogens with zero attached hydrogens (tertiary/aromatic N) is 3. The van der Waals surface area contributed by atoms with Gasteiger partial charge in [-0.15, -0.1) is 0 Å². The highest BCUT2D eigenvalue weighted by Gasteiger charge is 2.46. The Balaban J connectivity index is 1.93. The minimum absolute atomic E-state index is 0.308. The Hall–Kier alpha value is -0.870. The third-order valence-corrected chi connectivity index (χ3v) is 5.44. The van der Waals surface area contributed by atoms with Crippen LogP contribution in [0, 0.1) is 0 Å². The quantitative estimate of drug-likeness (QED) is 0.917. The predicted octanol–water partition coefficient (Wildman–Crippen LogP) is 2.48. The van der Waals surface area contributed by atoms with Crippen molar-refractivity contribution in [1.82, 2.24) is 20.0 Å². The molecule has 0 radical (unpaired) electrons. The summed E-state index contributed by atoms with van der Waals surface area (Å²) in [6.07, 6.45) is 11.4. The Bertz CT molecular complexity index is 427. The first-order chi connectivity index (χ1) is 9.78. The number of rotatable bonds is 4. The molecule has 0 spiro atoms. The van der Waals surface area contributed by atoms with Gasteiger partial charge in [-0.05, 0) is 51.9 Å². The molecular formula is C16H28N4. The van der Waals surface area contributed by atoms with E-state index in [1.54, 1.807) is 0 Å². The molecule has 2 fully saturated rings. The summed E-state index contributed by atoms with van der Waals surface area (Å²) >= 11 is 0. The molecule has 0 aromatic carbocycles. The van der Waals surface area contributed by atoms with Crippen LogP contribution in [-0.4, -0.2) is 40.4 Å². The third-order valence-electron chi connectivity index (χ3n) is 5.44. The van der Waals surface area contributed by atoms with Gasteiger partial charge in [0, 0.05) is 18.8 Å². The molecule has 2 heterocycles. The van der Waals surface area contributed by atoms with Gasteiger partial charge in [-0.25, -0.2) is 0 Å². The zero-order chi connectivity index (χ0) is 14.0. The minimum atomic E-state index is 0.308. The average molecular weight is 276 g/mol. The highest BCUT2D eigenvalue weighted by molar-refractivity contribution is 5.17. The van der Waals surface area contributed by atoms with Crippen LogP contribution in [0.15, 0.2) is 12.3 Å². The van der Waals surface area contributed by atoms with Crippen LogP contribution in [0.3, 0.4) is 0 Å². The van der Waals surface area contributed by atoms with Crippen molar-refractivity contribution in [1.29, 1.82) is 0 Å². The molecule has 1 unspecified atom stereocenters. The summed E-state index contributed by atoms with van der Waals surface area (Å²) in [5.41, 5.74) is 1.64. The number of likely N-dealkylation sites (N-methyl/N-ethyl adjacent to an activating group) is 1. The maximum atomic E-state index is 4.39. The second-order valence-electron chi connectivity index (χ2n) is 6.46. The molecule has 1 N–H and O–H groups in total. The van der Waals surface area contributed by atoms with Gasteiger partial charge in [0.05, 0.1) is 11.7 Å². The van der Waals surface area contributed by atoms with E-state index in [4.69, 9.17) is 0 Å². The first-order valence-corrected chi connectivity index (χ1v) is 8.18. The predicted molar refractivity (Wildman–Crippen MR) is 81.6 cm³/mol. The molecule has 1 aliphatic heterocycles. The van der Waals surface area contributed by atoms with Crippen molar-refractivity contribution in [3.63, 3.8) is 0 Å². The van der Waals surface area contributed by atoms with E-state index in [0.717, 1.165) is 0 Å². The summed E-state index contributed by atoms with van der Waals surface area (Å²) in [5, 5.41) is 8.01. The van der Waals surface area contributed by atoms with Crippen LogP contribution >= 0.6 is 0 Å². The molecule has 1 aromatic heterocycles. The lowest BCUT2D eigenvalue weighted by Gasteiger charge is -2.48. The van der Waals surface area contributed by atoms with Crippen molar-refractivity contribution in [3.8, 4) is 0 Å². The first kappa shape index (κ1) is 14.1. The zero-order valence-electron chi connectivity index (χ0n) is 12.9. The highest BCUT2D eigenvalue weighted by Crippen LogP contribution is 2.45. The molecule has 3 rings (SSSR count). The number of piperidine rings is 1. The zero-order valence-corrected chi connectivity index (χ0v) is 12.9. The van der Waals surface area contributed by atoms with Crippen molar-refractivity contribution in [3.05, 3.63) is 18.0 Å². The summed E-state index contributed by atoms with van der Waals surface area (Å²) < 4.78 is 2.05. The molecule has 4 heteroatoms. The maximum absolute atomic E-state index is 4.39. The molecule has 1 atom stereocenters. The number of hydrogen-bond donors (Lipinski definition) is 1. The lowest BCUT2D eigenvalue weighted by Crippen LogP contribution is -2.56. The van der Waals surface area contributed by atoms with E-state index in [1.165, 1.54) is 63.7 Å². The number of aryl methyl sites for hydroxylation is 1. The fraction of sp³-hybridized carbons (Fsp3) is 0.812. The van der Waals surface area contributed by atoms with Gasteiger partial charge in [0.2, 0.25) is 0 Å². The van der Waals surface area contributed by atoms with Crippen molar-refractivity contribution in [2.45, 2.75) is 56.5 Å². The molecule has 2 aliphatic rings. The summed E-state index contributed by atoms with van der Waals surface area (Å²) in [7, 11) is 4.18. The van der Waals surface area contributed by atoms with E-state index in [0.29, 0.717) is 11.6 Å². The summed E-state index contributed by atoms with van der Waals surface area (Å²) in [5.74, 6) is 0. The summed E-state index contributed by atoms with van der Waals surface area (Å²) in [6, 6.07) is 2.58. The van der Waals surface area contributed by atoms with Crippen LogP contribution in [0.4, 0.5) is 0 Å². The van der Waals surface area contributed by atoms with E-state index >= 15 is 0 Å². The van der Waals surface area contributed by atoms with Crippen LogP contribution in [0.1, 0.15) is 56.7 Å². The van der Waals surface area contributed by atoms with E-state index in [-0.39, 0.29) is 0 Å². The fourth-order valence-corrected chi connectivity index (χ4v) is 4.47. The second kappa shape index (κ2) is 5.86. The molecule has 20 heavy (non-hydrogen) atoms.